The standard InChI is InChI=1S/C17H23N3O3S2/c1-11(2)9-15(16(21)19-17-18-13(4)10-24-17)20-25(22,23)14-7-5-12(3)6-8-14/h5-8,10-11,15,20H,9H2,1-4H3,(H,18,19,21)/t15-/m0/s1. The average Bonchev–Trinajstić information content (AvgIpc) is 2.91. The van der Waals surface area contributed by atoms with Gasteiger partial charge in [0.15, 0.2) is 5.13 Å². The fourth-order valence-corrected chi connectivity index (χ4v) is 4.16. The highest BCUT2D eigenvalue weighted by molar-refractivity contribution is 7.89. The molecule has 1 atom stereocenters. The highest BCUT2D eigenvalue weighted by atomic mass is 32.2. The van der Waals surface area contributed by atoms with Crippen molar-refractivity contribution in [3.63, 3.8) is 0 Å². The molecule has 0 saturated heterocycles. The van der Waals surface area contributed by atoms with E-state index in [-0.39, 0.29) is 10.8 Å². The Balaban J connectivity index is 2.18. The zero-order valence-corrected chi connectivity index (χ0v) is 16.4. The molecule has 136 valence electrons. The molecule has 8 heteroatoms. The summed E-state index contributed by atoms with van der Waals surface area (Å²) >= 11 is 1.31. The van der Waals surface area contributed by atoms with E-state index in [1.54, 1.807) is 12.1 Å². The number of anilines is 1. The molecule has 1 aromatic carbocycles. The van der Waals surface area contributed by atoms with Crippen LogP contribution in [0.5, 0.6) is 0 Å². The minimum Gasteiger partial charge on any atom is -0.301 e. The molecule has 1 heterocycles. The van der Waals surface area contributed by atoms with Gasteiger partial charge in [-0.3, -0.25) is 4.79 Å². The summed E-state index contributed by atoms with van der Waals surface area (Å²) in [7, 11) is -3.78. The first-order valence-electron chi connectivity index (χ1n) is 7.99. The molecule has 0 bridgehead atoms. The Bertz CT molecular complexity index is 827. The van der Waals surface area contributed by atoms with Gasteiger partial charge < -0.3 is 5.32 Å². The lowest BCUT2D eigenvalue weighted by molar-refractivity contribution is -0.118. The summed E-state index contributed by atoms with van der Waals surface area (Å²) in [5.74, 6) is -0.256. The number of hydrogen-bond donors (Lipinski definition) is 2. The summed E-state index contributed by atoms with van der Waals surface area (Å²) < 4.78 is 27.7. The first-order valence-corrected chi connectivity index (χ1v) is 10.4. The second-order valence-corrected chi connectivity index (χ2v) is 8.97. The van der Waals surface area contributed by atoms with Crippen molar-refractivity contribution in [3.8, 4) is 0 Å². The number of carbonyl (C=O) groups is 1. The van der Waals surface area contributed by atoms with Crippen molar-refractivity contribution in [1.29, 1.82) is 0 Å². The van der Waals surface area contributed by atoms with Crippen LogP contribution in [-0.2, 0) is 14.8 Å². The van der Waals surface area contributed by atoms with E-state index >= 15 is 0 Å². The SMILES string of the molecule is Cc1ccc(S(=O)(=O)N[C@@H](CC(C)C)C(=O)Nc2nc(C)cs2)cc1. The number of sulfonamides is 1. The molecule has 25 heavy (non-hydrogen) atoms. The van der Waals surface area contributed by atoms with Crippen LogP contribution >= 0.6 is 11.3 Å². The molecule has 0 radical (unpaired) electrons. The maximum atomic E-state index is 12.6. The molecule has 0 spiro atoms. The highest BCUT2D eigenvalue weighted by Gasteiger charge is 2.27. The number of benzene rings is 1. The number of hydrogen-bond acceptors (Lipinski definition) is 5. The van der Waals surface area contributed by atoms with Gasteiger partial charge in [-0.1, -0.05) is 31.5 Å². The van der Waals surface area contributed by atoms with Gasteiger partial charge in [-0.2, -0.15) is 4.72 Å². The number of amides is 1. The zero-order valence-electron chi connectivity index (χ0n) is 14.7. The lowest BCUT2D eigenvalue weighted by Crippen LogP contribution is -2.44. The van der Waals surface area contributed by atoms with Crippen LogP contribution in [0.25, 0.3) is 0 Å². The molecule has 0 aliphatic rings. The Hall–Kier alpha value is -1.77. The van der Waals surface area contributed by atoms with E-state index in [4.69, 9.17) is 0 Å². The Morgan fingerprint density at radius 1 is 1.20 bits per heavy atom. The van der Waals surface area contributed by atoms with Crippen molar-refractivity contribution in [2.45, 2.75) is 45.1 Å². The molecule has 2 aromatic rings. The van der Waals surface area contributed by atoms with Gasteiger partial charge in [0.05, 0.1) is 10.6 Å². The van der Waals surface area contributed by atoms with Crippen molar-refractivity contribution in [1.82, 2.24) is 9.71 Å². The molecule has 0 aliphatic heterocycles. The lowest BCUT2D eigenvalue weighted by atomic mass is 10.0. The third kappa shape index (κ3) is 5.62. The molecule has 0 saturated carbocycles. The third-order valence-electron chi connectivity index (χ3n) is 3.50. The first kappa shape index (κ1) is 19.6. The molecule has 2 N–H and O–H groups in total. The summed E-state index contributed by atoms with van der Waals surface area (Å²) in [5.41, 5.74) is 1.77. The van der Waals surface area contributed by atoms with Gasteiger partial charge in [0, 0.05) is 5.38 Å². The quantitative estimate of drug-likeness (QED) is 0.771. The van der Waals surface area contributed by atoms with Crippen molar-refractivity contribution in [2.75, 3.05) is 5.32 Å². The zero-order chi connectivity index (χ0) is 18.6. The fraction of sp³-hybridized carbons (Fsp3) is 0.412. The van der Waals surface area contributed by atoms with Crippen molar-refractivity contribution >= 4 is 32.4 Å². The Kier molecular flexibility index (Phi) is 6.31. The van der Waals surface area contributed by atoms with Gasteiger partial charge in [-0.25, -0.2) is 13.4 Å². The molecule has 1 aromatic heterocycles. The van der Waals surface area contributed by atoms with E-state index in [0.717, 1.165) is 11.3 Å². The molecule has 0 unspecified atom stereocenters. The first-order chi connectivity index (χ1) is 11.7. The fourth-order valence-electron chi connectivity index (χ4n) is 2.26. The number of nitrogens with one attached hydrogen (secondary N) is 2. The van der Waals surface area contributed by atoms with Crippen molar-refractivity contribution < 1.29 is 13.2 Å². The average molecular weight is 382 g/mol. The molecule has 2 rings (SSSR count). The van der Waals surface area contributed by atoms with Gasteiger partial charge >= 0.3 is 0 Å². The third-order valence-corrected chi connectivity index (χ3v) is 5.86. The maximum Gasteiger partial charge on any atom is 0.244 e. The summed E-state index contributed by atoms with van der Waals surface area (Å²) in [6.07, 6.45) is 0.390. The van der Waals surface area contributed by atoms with E-state index in [1.165, 1.54) is 23.5 Å². The minimum absolute atomic E-state index is 0.143. The molecule has 6 nitrogen and oxygen atoms in total. The summed E-state index contributed by atoms with van der Waals surface area (Å²) in [5, 5.41) is 4.98. The summed E-state index contributed by atoms with van der Waals surface area (Å²) in [4.78, 5) is 16.9. The van der Waals surface area contributed by atoms with Gasteiger partial charge in [0.2, 0.25) is 15.9 Å². The van der Waals surface area contributed by atoms with Crippen LogP contribution in [-0.4, -0.2) is 25.4 Å². The predicted molar refractivity (Wildman–Crippen MR) is 100 cm³/mol. The van der Waals surface area contributed by atoms with E-state index in [2.05, 4.69) is 15.0 Å². The van der Waals surface area contributed by atoms with Gasteiger partial charge in [-0.05, 0) is 38.3 Å². The van der Waals surface area contributed by atoms with Crippen molar-refractivity contribution in [3.05, 3.63) is 40.9 Å². The van der Waals surface area contributed by atoms with Crippen LogP contribution < -0.4 is 10.0 Å². The Labute approximate surface area is 152 Å². The van der Waals surface area contributed by atoms with Crippen LogP contribution in [0.3, 0.4) is 0 Å². The molecular weight excluding hydrogens is 358 g/mol. The number of thiazole rings is 1. The highest BCUT2D eigenvalue weighted by Crippen LogP contribution is 2.17. The molecule has 1 amide bonds. The number of aromatic nitrogens is 1. The molecule has 0 aliphatic carbocycles. The number of carbonyl (C=O) groups excluding carboxylic acids is 1. The normalized spacial score (nSPS) is 13.0. The molecule has 0 fully saturated rings. The van der Waals surface area contributed by atoms with Crippen LogP contribution in [0.2, 0.25) is 0 Å². The van der Waals surface area contributed by atoms with Crippen LogP contribution in [0, 0.1) is 19.8 Å². The van der Waals surface area contributed by atoms with Crippen molar-refractivity contribution in [2.24, 2.45) is 5.92 Å². The van der Waals surface area contributed by atoms with Gasteiger partial charge in [0.25, 0.3) is 0 Å². The van der Waals surface area contributed by atoms with Crippen LogP contribution in [0.15, 0.2) is 34.5 Å². The largest absolute Gasteiger partial charge is 0.301 e. The van der Waals surface area contributed by atoms with E-state index < -0.39 is 22.0 Å². The van der Waals surface area contributed by atoms with Gasteiger partial charge in [0.1, 0.15) is 6.04 Å². The molecular formula is C17H23N3O3S2. The second-order valence-electron chi connectivity index (χ2n) is 6.40. The van der Waals surface area contributed by atoms with Crippen LogP contribution in [0.4, 0.5) is 5.13 Å². The van der Waals surface area contributed by atoms with E-state index in [9.17, 15) is 13.2 Å². The predicted octanol–water partition coefficient (Wildman–Crippen LogP) is 3.09. The maximum absolute atomic E-state index is 12.6. The topological polar surface area (TPSA) is 88.2 Å². The minimum atomic E-state index is -3.78. The lowest BCUT2D eigenvalue weighted by Gasteiger charge is -2.19. The Morgan fingerprint density at radius 3 is 2.36 bits per heavy atom. The smallest absolute Gasteiger partial charge is 0.244 e. The monoisotopic (exact) mass is 381 g/mol. The van der Waals surface area contributed by atoms with Gasteiger partial charge in [-0.15, -0.1) is 11.3 Å². The summed E-state index contributed by atoms with van der Waals surface area (Å²) in [6, 6.07) is 5.66. The van der Waals surface area contributed by atoms with Crippen LogP contribution in [0.1, 0.15) is 31.5 Å². The number of aryl methyl sites for hydroxylation is 2. The Morgan fingerprint density at radius 2 is 1.84 bits per heavy atom. The summed E-state index contributed by atoms with van der Waals surface area (Å²) in [6.45, 7) is 7.59. The van der Waals surface area contributed by atoms with E-state index in [1.807, 2.05) is 33.1 Å². The second kappa shape index (κ2) is 8.07. The number of nitrogens with zero attached hydrogens (tertiary/aromatic N) is 1. The number of rotatable bonds is 7. The van der Waals surface area contributed by atoms with E-state index in [0.29, 0.717) is 11.6 Å².